The van der Waals surface area contributed by atoms with Gasteiger partial charge in [0.2, 0.25) is 15.6 Å². The average Bonchev–Trinajstić information content (AvgIpc) is 3.56. The first-order chi connectivity index (χ1) is 19.2. The van der Waals surface area contributed by atoms with Crippen molar-refractivity contribution in [3.63, 3.8) is 0 Å². The van der Waals surface area contributed by atoms with Crippen molar-refractivity contribution in [3.05, 3.63) is 118 Å². The van der Waals surface area contributed by atoms with Gasteiger partial charge in [-0.3, -0.25) is 9.78 Å². The molecule has 204 valence electrons. The number of rotatable bonds is 6. The predicted octanol–water partition coefficient (Wildman–Crippen LogP) is 4.31. The standard InChI is InChI=1S/C31H31N5O3S/c1-22-13-27(19-32-17-22)40(38,39)35-12-11-31(21-35,16-24-7-5-4-6-8-24)28-15-25-18-33-36(29(25)14-23(28)2)26-9-10-30(37)34(3)20-26/h4-10,13-15,17-20H,11-12,16,21H2,1-3H3. The minimum atomic E-state index is -3.70. The second kappa shape index (κ2) is 9.83. The summed E-state index contributed by atoms with van der Waals surface area (Å²) >= 11 is 0. The molecular formula is C31H31N5O3S. The summed E-state index contributed by atoms with van der Waals surface area (Å²) in [7, 11) is -1.98. The van der Waals surface area contributed by atoms with Crippen molar-refractivity contribution in [2.75, 3.05) is 13.1 Å². The summed E-state index contributed by atoms with van der Waals surface area (Å²) < 4.78 is 32.4. The van der Waals surface area contributed by atoms with Gasteiger partial charge in [-0.15, -0.1) is 0 Å². The molecule has 1 atom stereocenters. The zero-order chi connectivity index (χ0) is 28.1. The van der Waals surface area contributed by atoms with Gasteiger partial charge in [0.15, 0.2) is 0 Å². The second-order valence-corrected chi connectivity index (χ2v) is 12.8. The number of sulfonamides is 1. The third-order valence-corrected chi connectivity index (χ3v) is 9.80. The Morgan fingerprint density at radius 3 is 2.52 bits per heavy atom. The number of hydrogen-bond acceptors (Lipinski definition) is 5. The molecule has 1 saturated heterocycles. The van der Waals surface area contributed by atoms with Crippen LogP contribution in [0.1, 0.15) is 28.7 Å². The normalized spacial score (nSPS) is 18.0. The largest absolute Gasteiger partial charge is 0.316 e. The lowest BCUT2D eigenvalue weighted by Crippen LogP contribution is -2.36. The highest BCUT2D eigenvalue weighted by molar-refractivity contribution is 7.89. The SMILES string of the molecule is Cc1cncc(S(=O)(=O)N2CCC(Cc3ccccc3)(c3cc4cnn(-c5ccc(=O)n(C)c5)c4cc3C)C2)c1. The van der Waals surface area contributed by atoms with E-state index in [1.54, 1.807) is 35.9 Å². The Labute approximate surface area is 233 Å². The Morgan fingerprint density at radius 2 is 1.77 bits per heavy atom. The van der Waals surface area contributed by atoms with E-state index >= 15 is 0 Å². The molecular weight excluding hydrogens is 522 g/mol. The lowest BCUT2D eigenvalue weighted by Gasteiger charge is -2.32. The number of aryl methyl sites for hydroxylation is 3. The van der Waals surface area contributed by atoms with Crippen molar-refractivity contribution in [2.45, 2.75) is 37.0 Å². The highest BCUT2D eigenvalue weighted by Gasteiger charge is 2.45. The number of hydrogen-bond donors (Lipinski definition) is 0. The first-order valence-corrected chi connectivity index (χ1v) is 14.7. The van der Waals surface area contributed by atoms with E-state index < -0.39 is 15.4 Å². The maximum Gasteiger partial charge on any atom is 0.250 e. The third kappa shape index (κ3) is 4.55. The first-order valence-electron chi connectivity index (χ1n) is 13.3. The molecule has 1 aliphatic rings. The van der Waals surface area contributed by atoms with Crippen LogP contribution in [0.3, 0.4) is 0 Å². The zero-order valence-corrected chi connectivity index (χ0v) is 23.6. The van der Waals surface area contributed by atoms with Crippen molar-refractivity contribution in [1.29, 1.82) is 0 Å². The Balaban J connectivity index is 1.45. The lowest BCUT2D eigenvalue weighted by molar-refractivity contribution is 0.413. The maximum absolute atomic E-state index is 13.7. The van der Waals surface area contributed by atoms with Crippen LogP contribution < -0.4 is 5.56 Å². The van der Waals surface area contributed by atoms with E-state index in [0.717, 1.165) is 33.3 Å². The monoisotopic (exact) mass is 553 g/mol. The van der Waals surface area contributed by atoms with Crippen LogP contribution in [0.5, 0.6) is 0 Å². The lowest BCUT2D eigenvalue weighted by atomic mass is 9.73. The zero-order valence-electron chi connectivity index (χ0n) is 22.8. The van der Waals surface area contributed by atoms with E-state index in [0.29, 0.717) is 25.9 Å². The molecule has 3 aromatic heterocycles. The van der Waals surface area contributed by atoms with Gasteiger partial charge >= 0.3 is 0 Å². The molecule has 4 heterocycles. The van der Waals surface area contributed by atoms with Crippen molar-refractivity contribution >= 4 is 20.9 Å². The first kappa shape index (κ1) is 26.2. The summed E-state index contributed by atoms with van der Waals surface area (Å²) in [4.78, 5) is 16.3. The average molecular weight is 554 g/mol. The molecule has 9 heteroatoms. The molecule has 5 aromatic rings. The maximum atomic E-state index is 13.7. The van der Waals surface area contributed by atoms with E-state index in [-0.39, 0.29) is 10.5 Å². The quantitative estimate of drug-likeness (QED) is 0.313. The molecule has 1 unspecified atom stereocenters. The fourth-order valence-corrected chi connectivity index (χ4v) is 7.54. The molecule has 1 aliphatic heterocycles. The molecule has 0 bridgehead atoms. The fourth-order valence-electron chi connectivity index (χ4n) is 5.96. The molecule has 40 heavy (non-hydrogen) atoms. The highest BCUT2D eigenvalue weighted by atomic mass is 32.2. The van der Waals surface area contributed by atoms with Crippen LogP contribution in [0.15, 0.2) is 95.1 Å². The minimum absolute atomic E-state index is 0.0799. The van der Waals surface area contributed by atoms with Gasteiger partial charge in [0.25, 0.3) is 0 Å². The van der Waals surface area contributed by atoms with E-state index in [1.807, 2.05) is 36.0 Å². The number of benzene rings is 2. The van der Waals surface area contributed by atoms with E-state index in [2.05, 4.69) is 41.3 Å². The molecule has 0 amide bonds. The van der Waals surface area contributed by atoms with E-state index in [1.165, 1.54) is 22.4 Å². The van der Waals surface area contributed by atoms with Gasteiger partial charge in [-0.25, -0.2) is 13.1 Å². The van der Waals surface area contributed by atoms with E-state index in [9.17, 15) is 13.2 Å². The number of fused-ring (bicyclic) bond motifs is 1. The molecule has 0 N–H and O–H groups in total. The Bertz CT molecular complexity index is 1900. The molecule has 0 aliphatic carbocycles. The summed E-state index contributed by atoms with van der Waals surface area (Å²) in [5.41, 5.74) is 5.42. The number of nitrogens with zero attached hydrogens (tertiary/aromatic N) is 5. The molecule has 8 nitrogen and oxygen atoms in total. The van der Waals surface area contributed by atoms with Gasteiger partial charge in [-0.2, -0.15) is 9.40 Å². The minimum Gasteiger partial charge on any atom is -0.316 e. The fraction of sp³-hybridized carbons (Fsp3) is 0.258. The Hall–Kier alpha value is -4.08. The van der Waals surface area contributed by atoms with Crippen molar-refractivity contribution in [3.8, 4) is 5.69 Å². The van der Waals surface area contributed by atoms with Gasteiger partial charge in [0, 0.05) is 55.6 Å². The van der Waals surface area contributed by atoms with Crippen molar-refractivity contribution in [1.82, 2.24) is 23.6 Å². The van der Waals surface area contributed by atoms with Gasteiger partial charge in [-0.05, 0) is 73.2 Å². The molecule has 0 saturated carbocycles. The van der Waals surface area contributed by atoms with Crippen LogP contribution in [0.2, 0.25) is 0 Å². The summed E-state index contributed by atoms with van der Waals surface area (Å²) in [6, 6.07) is 19.5. The van der Waals surface area contributed by atoms with Crippen molar-refractivity contribution in [2.24, 2.45) is 7.05 Å². The summed E-state index contributed by atoms with van der Waals surface area (Å²) in [6.45, 7) is 4.74. The summed E-state index contributed by atoms with van der Waals surface area (Å²) in [5, 5.41) is 5.61. The molecule has 6 rings (SSSR count). The van der Waals surface area contributed by atoms with Crippen LogP contribution in [0.4, 0.5) is 0 Å². The van der Waals surface area contributed by atoms with Crippen molar-refractivity contribution < 1.29 is 8.42 Å². The summed E-state index contributed by atoms with van der Waals surface area (Å²) in [6.07, 6.45) is 8.12. The van der Waals surface area contributed by atoms with Crippen LogP contribution in [0, 0.1) is 13.8 Å². The second-order valence-electron chi connectivity index (χ2n) is 10.8. The predicted molar refractivity (Wildman–Crippen MR) is 155 cm³/mol. The molecule has 0 spiro atoms. The smallest absolute Gasteiger partial charge is 0.250 e. The van der Waals surface area contributed by atoms with E-state index in [4.69, 9.17) is 0 Å². The van der Waals surface area contributed by atoms with Gasteiger partial charge in [-0.1, -0.05) is 30.3 Å². The van der Waals surface area contributed by atoms with Gasteiger partial charge in [0.05, 0.1) is 17.4 Å². The Kier molecular flexibility index (Phi) is 6.43. The van der Waals surface area contributed by atoms with Crippen LogP contribution in [0.25, 0.3) is 16.6 Å². The van der Waals surface area contributed by atoms with Gasteiger partial charge in [0.1, 0.15) is 4.90 Å². The van der Waals surface area contributed by atoms with Gasteiger partial charge < -0.3 is 4.57 Å². The number of pyridine rings is 2. The highest BCUT2D eigenvalue weighted by Crippen LogP contribution is 2.42. The molecule has 0 radical (unpaired) electrons. The molecule has 1 fully saturated rings. The third-order valence-electron chi connectivity index (χ3n) is 7.99. The number of aromatic nitrogens is 4. The topological polar surface area (TPSA) is 90.1 Å². The van der Waals surface area contributed by atoms with Crippen LogP contribution in [-0.2, 0) is 28.9 Å². The summed E-state index contributed by atoms with van der Waals surface area (Å²) in [5.74, 6) is 0. The molecule has 2 aromatic carbocycles. The van der Waals surface area contributed by atoms with Crippen LogP contribution in [-0.4, -0.2) is 45.1 Å². The van der Waals surface area contributed by atoms with Crippen LogP contribution >= 0.6 is 0 Å². The Morgan fingerprint density at radius 1 is 0.975 bits per heavy atom.